The third-order valence-corrected chi connectivity index (χ3v) is 4.71. The van der Waals surface area contributed by atoms with Crippen LogP contribution in [0.15, 0.2) is 48.5 Å². The van der Waals surface area contributed by atoms with Gasteiger partial charge >= 0.3 is 0 Å². The molecule has 2 aromatic heterocycles. The van der Waals surface area contributed by atoms with Gasteiger partial charge in [0.15, 0.2) is 0 Å². The van der Waals surface area contributed by atoms with Crippen molar-refractivity contribution in [2.45, 2.75) is 26.5 Å². The molecule has 4 rings (SSSR count). The number of hydrogen-bond acceptors (Lipinski definition) is 6. The molecule has 4 aromatic rings. The van der Waals surface area contributed by atoms with Gasteiger partial charge in [0.1, 0.15) is 17.4 Å². The molecule has 0 spiro atoms. The van der Waals surface area contributed by atoms with Gasteiger partial charge in [-0.15, -0.1) is 21.5 Å². The number of rotatable bonds is 5. The van der Waals surface area contributed by atoms with Crippen molar-refractivity contribution in [3.8, 4) is 17.1 Å². The number of thiazole rings is 1. The van der Waals surface area contributed by atoms with E-state index in [1.165, 1.54) is 4.70 Å². The lowest BCUT2D eigenvalue weighted by Gasteiger charge is -2.04. The van der Waals surface area contributed by atoms with Crippen molar-refractivity contribution in [2.24, 2.45) is 0 Å². The number of hydrogen-bond donors (Lipinski definition) is 0. The number of nitrogens with zero attached hydrogens (tertiary/aromatic N) is 5. The molecule has 0 N–H and O–H groups in total. The van der Waals surface area contributed by atoms with Gasteiger partial charge in [-0.2, -0.15) is 4.80 Å². The Morgan fingerprint density at radius 1 is 1.08 bits per heavy atom. The molecule has 0 atom stereocenters. The zero-order valence-electron chi connectivity index (χ0n) is 14.0. The van der Waals surface area contributed by atoms with Crippen LogP contribution in [0.4, 0.5) is 0 Å². The van der Waals surface area contributed by atoms with Gasteiger partial charge in [0, 0.05) is 5.56 Å². The molecule has 2 aromatic carbocycles. The molecule has 0 bridgehead atoms. The van der Waals surface area contributed by atoms with Gasteiger partial charge < -0.3 is 4.74 Å². The Kier molecular flexibility index (Phi) is 4.15. The molecular weight excluding hydrogens is 334 g/mol. The van der Waals surface area contributed by atoms with Crippen LogP contribution in [-0.2, 0) is 6.61 Å². The molecule has 126 valence electrons. The minimum absolute atomic E-state index is 0.192. The van der Waals surface area contributed by atoms with E-state index in [4.69, 9.17) is 4.74 Å². The lowest BCUT2D eigenvalue weighted by Crippen LogP contribution is -2.04. The summed E-state index contributed by atoms with van der Waals surface area (Å²) < 4.78 is 7.02. The Labute approximate surface area is 149 Å². The fraction of sp³-hybridized carbons (Fsp3) is 0.222. The van der Waals surface area contributed by atoms with Gasteiger partial charge in [0.05, 0.1) is 16.3 Å². The summed E-state index contributed by atoms with van der Waals surface area (Å²) in [5.74, 6) is 1.41. The summed E-state index contributed by atoms with van der Waals surface area (Å²) >= 11 is 1.65. The summed E-state index contributed by atoms with van der Waals surface area (Å²) in [6, 6.07) is 16.0. The van der Waals surface area contributed by atoms with Crippen molar-refractivity contribution in [3.63, 3.8) is 0 Å². The molecule has 0 aliphatic rings. The van der Waals surface area contributed by atoms with E-state index in [9.17, 15) is 0 Å². The van der Waals surface area contributed by atoms with Crippen LogP contribution in [0.5, 0.6) is 5.75 Å². The molecule has 6 nitrogen and oxygen atoms in total. The van der Waals surface area contributed by atoms with Crippen LogP contribution in [0.25, 0.3) is 21.6 Å². The first kappa shape index (κ1) is 15.7. The summed E-state index contributed by atoms with van der Waals surface area (Å²) in [4.78, 5) is 6.18. The maximum atomic E-state index is 5.84. The molecule has 0 unspecified atom stereocenters. The Balaban J connectivity index is 1.44. The van der Waals surface area contributed by atoms with Crippen LogP contribution in [0.2, 0.25) is 0 Å². The first-order chi connectivity index (χ1) is 12.2. The van der Waals surface area contributed by atoms with E-state index < -0.39 is 0 Å². The summed E-state index contributed by atoms with van der Waals surface area (Å²) in [5, 5.41) is 13.5. The number of benzene rings is 2. The largest absolute Gasteiger partial charge is 0.486 e. The summed E-state index contributed by atoms with van der Waals surface area (Å²) in [5.41, 5.74) is 1.93. The van der Waals surface area contributed by atoms with E-state index in [0.717, 1.165) is 21.8 Å². The third-order valence-electron chi connectivity index (χ3n) is 3.70. The predicted molar refractivity (Wildman–Crippen MR) is 97.6 cm³/mol. The third kappa shape index (κ3) is 3.36. The maximum Gasteiger partial charge on any atom is 0.204 e. The normalized spacial score (nSPS) is 11.3. The van der Waals surface area contributed by atoms with Gasteiger partial charge in [-0.1, -0.05) is 12.1 Å². The van der Waals surface area contributed by atoms with E-state index in [-0.39, 0.29) is 6.04 Å². The van der Waals surface area contributed by atoms with E-state index in [1.807, 2.05) is 56.3 Å². The Morgan fingerprint density at radius 2 is 1.88 bits per heavy atom. The molecule has 0 aliphatic carbocycles. The minimum Gasteiger partial charge on any atom is -0.486 e. The number of fused-ring (bicyclic) bond motifs is 1. The predicted octanol–water partition coefficient (Wildman–Crippen LogP) is 4.11. The molecule has 0 aliphatic heterocycles. The number of aromatic nitrogens is 5. The highest BCUT2D eigenvalue weighted by Crippen LogP contribution is 2.24. The zero-order valence-corrected chi connectivity index (χ0v) is 14.8. The first-order valence-electron chi connectivity index (χ1n) is 8.06. The number of tetrazole rings is 1. The van der Waals surface area contributed by atoms with Crippen LogP contribution in [0.3, 0.4) is 0 Å². The molecule has 0 amide bonds. The smallest absolute Gasteiger partial charge is 0.204 e. The lowest BCUT2D eigenvalue weighted by atomic mass is 10.2. The van der Waals surface area contributed by atoms with Gasteiger partial charge in [0.2, 0.25) is 5.82 Å². The monoisotopic (exact) mass is 351 g/mol. The summed E-state index contributed by atoms with van der Waals surface area (Å²) in [6.07, 6.45) is 0. The van der Waals surface area contributed by atoms with Crippen LogP contribution < -0.4 is 4.74 Å². The second-order valence-corrected chi connectivity index (χ2v) is 7.03. The fourth-order valence-corrected chi connectivity index (χ4v) is 3.27. The Morgan fingerprint density at radius 3 is 2.60 bits per heavy atom. The van der Waals surface area contributed by atoms with E-state index >= 15 is 0 Å². The van der Waals surface area contributed by atoms with Gasteiger partial charge in [-0.3, -0.25) is 0 Å². The second kappa shape index (κ2) is 6.60. The second-order valence-electron chi connectivity index (χ2n) is 5.92. The molecule has 0 saturated carbocycles. The van der Waals surface area contributed by atoms with E-state index in [2.05, 4.69) is 26.5 Å². The van der Waals surface area contributed by atoms with Crippen molar-refractivity contribution in [1.29, 1.82) is 0 Å². The van der Waals surface area contributed by atoms with E-state index in [0.29, 0.717) is 12.4 Å². The average molecular weight is 351 g/mol. The molecule has 25 heavy (non-hydrogen) atoms. The standard InChI is InChI=1S/C18H17N5OS/c1-12(2)23-21-18(20-22-23)13-7-9-14(10-8-13)24-11-17-19-15-5-3-4-6-16(15)25-17/h3-10,12H,11H2,1-2H3. The van der Waals surface area contributed by atoms with Gasteiger partial charge in [-0.05, 0) is 55.5 Å². The topological polar surface area (TPSA) is 65.7 Å². The van der Waals surface area contributed by atoms with Crippen LogP contribution in [0, 0.1) is 0 Å². The first-order valence-corrected chi connectivity index (χ1v) is 8.88. The highest BCUT2D eigenvalue weighted by Gasteiger charge is 2.08. The minimum atomic E-state index is 0.192. The highest BCUT2D eigenvalue weighted by atomic mass is 32.1. The molecule has 0 radical (unpaired) electrons. The number of ether oxygens (including phenoxy) is 1. The molecule has 2 heterocycles. The molecule has 0 fully saturated rings. The highest BCUT2D eigenvalue weighted by molar-refractivity contribution is 7.18. The van der Waals surface area contributed by atoms with Crippen molar-refractivity contribution in [1.82, 2.24) is 25.2 Å². The fourth-order valence-electron chi connectivity index (χ4n) is 2.39. The summed E-state index contributed by atoms with van der Waals surface area (Å²) in [7, 11) is 0. The van der Waals surface area contributed by atoms with Gasteiger partial charge in [0.25, 0.3) is 0 Å². The SMILES string of the molecule is CC(C)n1nnc(-c2ccc(OCc3nc4ccccc4s3)cc2)n1. The Hall–Kier alpha value is -2.80. The number of para-hydroxylation sites is 1. The van der Waals surface area contributed by atoms with Crippen molar-refractivity contribution in [3.05, 3.63) is 53.5 Å². The Bertz CT molecular complexity index is 957. The molecular formula is C18H17N5OS. The van der Waals surface area contributed by atoms with Crippen LogP contribution >= 0.6 is 11.3 Å². The molecule has 0 saturated heterocycles. The lowest BCUT2D eigenvalue weighted by molar-refractivity contribution is 0.306. The zero-order chi connectivity index (χ0) is 17.2. The van der Waals surface area contributed by atoms with Crippen molar-refractivity contribution < 1.29 is 4.74 Å². The maximum absolute atomic E-state index is 5.84. The van der Waals surface area contributed by atoms with Crippen molar-refractivity contribution in [2.75, 3.05) is 0 Å². The summed E-state index contributed by atoms with van der Waals surface area (Å²) in [6.45, 7) is 4.50. The van der Waals surface area contributed by atoms with Gasteiger partial charge in [-0.25, -0.2) is 4.98 Å². The average Bonchev–Trinajstić information content (AvgIpc) is 3.27. The van der Waals surface area contributed by atoms with Crippen LogP contribution in [-0.4, -0.2) is 25.2 Å². The van der Waals surface area contributed by atoms with E-state index in [1.54, 1.807) is 16.1 Å². The molecule has 7 heteroatoms. The van der Waals surface area contributed by atoms with Crippen LogP contribution in [0.1, 0.15) is 24.9 Å². The quantitative estimate of drug-likeness (QED) is 0.541. The van der Waals surface area contributed by atoms with Crippen molar-refractivity contribution >= 4 is 21.6 Å².